The predicted octanol–water partition coefficient (Wildman–Crippen LogP) is 3.16. The first-order valence-electron chi connectivity index (χ1n) is 4.32. The van der Waals surface area contributed by atoms with Crippen molar-refractivity contribution in [3.63, 3.8) is 0 Å². The van der Waals surface area contributed by atoms with E-state index in [0.29, 0.717) is 12.8 Å². The lowest BCUT2D eigenvalue weighted by Gasteiger charge is -2.06. The van der Waals surface area contributed by atoms with Crippen LogP contribution in [0.1, 0.15) is 12.0 Å². The van der Waals surface area contributed by atoms with Crippen LogP contribution in [0.2, 0.25) is 0 Å². The third-order valence-corrected chi connectivity index (χ3v) is 1.72. The Kier molecular flexibility index (Phi) is 3.95. The Morgan fingerprint density at radius 2 is 1.71 bits per heavy atom. The van der Waals surface area contributed by atoms with Crippen LogP contribution in [0.3, 0.4) is 0 Å². The van der Waals surface area contributed by atoms with E-state index in [1.807, 2.05) is 30.3 Å². The lowest BCUT2D eigenvalue weighted by atomic mass is 10.1. The zero-order valence-corrected chi connectivity index (χ0v) is 7.55. The van der Waals surface area contributed by atoms with Crippen molar-refractivity contribution in [3.8, 4) is 0 Å². The van der Waals surface area contributed by atoms with Crippen LogP contribution in [0, 0.1) is 0 Å². The van der Waals surface area contributed by atoms with E-state index in [2.05, 4.69) is 4.74 Å². The van der Waals surface area contributed by atoms with Crippen LogP contribution in [-0.4, -0.2) is 13.0 Å². The normalized spacial score (nSPS) is 11.6. The number of hydrogen-bond donors (Lipinski definition) is 0. The predicted molar refractivity (Wildman–Crippen MR) is 46.8 cm³/mol. The molecule has 1 aromatic rings. The van der Waals surface area contributed by atoms with Crippen LogP contribution >= 0.6 is 0 Å². The van der Waals surface area contributed by atoms with Gasteiger partial charge in [0.05, 0.1) is 6.61 Å². The summed E-state index contributed by atoms with van der Waals surface area (Å²) in [7, 11) is 0. The average Bonchev–Trinajstić information content (AvgIpc) is 2.13. The Morgan fingerprint density at radius 1 is 1.07 bits per heavy atom. The highest BCUT2D eigenvalue weighted by molar-refractivity contribution is 5.14. The van der Waals surface area contributed by atoms with Gasteiger partial charge in [-0.25, -0.2) is 0 Å². The van der Waals surface area contributed by atoms with Crippen molar-refractivity contribution < 1.29 is 17.9 Å². The summed E-state index contributed by atoms with van der Waals surface area (Å²) >= 11 is 0. The summed E-state index contributed by atoms with van der Waals surface area (Å²) < 4.78 is 38.3. The van der Waals surface area contributed by atoms with Crippen molar-refractivity contribution in [3.05, 3.63) is 35.9 Å². The van der Waals surface area contributed by atoms with Crippen LogP contribution in [0.25, 0.3) is 0 Å². The summed E-state index contributed by atoms with van der Waals surface area (Å²) in [6.45, 7) is -0.279. The fourth-order valence-corrected chi connectivity index (χ4v) is 1.11. The highest BCUT2D eigenvalue weighted by Crippen LogP contribution is 2.16. The topological polar surface area (TPSA) is 9.23 Å². The maximum atomic E-state index is 11.6. The first kappa shape index (κ1) is 11.0. The van der Waals surface area contributed by atoms with Gasteiger partial charge in [0.15, 0.2) is 0 Å². The molecule has 1 nitrogen and oxygen atoms in total. The van der Waals surface area contributed by atoms with E-state index in [4.69, 9.17) is 0 Å². The minimum absolute atomic E-state index is 0.279. The fourth-order valence-electron chi connectivity index (χ4n) is 1.11. The van der Waals surface area contributed by atoms with Crippen molar-refractivity contribution >= 4 is 0 Å². The molecule has 0 radical (unpaired) electrons. The van der Waals surface area contributed by atoms with E-state index in [-0.39, 0.29) is 6.61 Å². The quantitative estimate of drug-likeness (QED) is 0.684. The Morgan fingerprint density at radius 3 is 2.29 bits per heavy atom. The summed E-state index contributed by atoms with van der Waals surface area (Å²) in [5.74, 6) is 0. The minimum Gasteiger partial charge on any atom is -0.292 e. The molecule has 4 heteroatoms. The lowest BCUT2D eigenvalue weighted by molar-refractivity contribution is -0.324. The second-order valence-electron chi connectivity index (χ2n) is 2.88. The lowest BCUT2D eigenvalue weighted by Crippen LogP contribution is -2.14. The van der Waals surface area contributed by atoms with Crippen molar-refractivity contribution in [2.75, 3.05) is 6.61 Å². The zero-order chi connectivity index (χ0) is 10.4. The van der Waals surface area contributed by atoms with E-state index in [1.165, 1.54) is 0 Å². The van der Waals surface area contributed by atoms with Gasteiger partial charge < -0.3 is 0 Å². The molecule has 0 aliphatic rings. The molecular weight excluding hydrogens is 193 g/mol. The maximum absolute atomic E-state index is 11.6. The molecule has 1 aromatic carbocycles. The third kappa shape index (κ3) is 4.87. The van der Waals surface area contributed by atoms with Gasteiger partial charge in [0.25, 0.3) is 0 Å². The van der Waals surface area contributed by atoms with E-state index < -0.39 is 6.36 Å². The van der Waals surface area contributed by atoms with Crippen molar-refractivity contribution in [1.82, 2.24) is 0 Å². The molecule has 1 rings (SSSR count). The Labute approximate surface area is 80.5 Å². The summed E-state index contributed by atoms with van der Waals surface area (Å²) in [4.78, 5) is 0. The van der Waals surface area contributed by atoms with E-state index in [1.54, 1.807) is 0 Å². The van der Waals surface area contributed by atoms with E-state index in [0.717, 1.165) is 5.56 Å². The summed E-state index contributed by atoms with van der Waals surface area (Å²) in [6, 6.07) is 9.36. The van der Waals surface area contributed by atoms with Gasteiger partial charge in [-0.1, -0.05) is 30.3 Å². The molecule has 0 atom stereocenters. The minimum atomic E-state index is -4.50. The molecule has 0 heterocycles. The Bertz CT molecular complexity index is 256. The molecule has 0 aliphatic heterocycles. The van der Waals surface area contributed by atoms with Crippen molar-refractivity contribution in [2.24, 2.45) is 0 Å². The Hall–Kier alpha value is -1.03. The van der Waals surface area contributed by atoms with Gasteiger partial charge in [0.2, 0.25) is 0 Å². The van der Waals surface area contributed by atoms with Crippen LogP contribution in [0.4, 0.5) is 13.2 Å². The first-order chi connectivity index (χ1) is 6.58. The van der Waals surface area contributed by atoms with Gasteiger partial charge in [0.1, 0.15) is 0 Å². The zero-order valence-electron chi connectivity index (χ0n) is 7.55. The van der Waals surface area contributed by atoms with Crippen molar-refractivity contribution in [2.45, 2.75) is 19.2 Å². The molecule has 0 bridgehead atoms. The van der Waals surface area contributed by atoms with E-state index in [9.17, 15) is 13.2 Å². The first-order valence-corrected chi connectivity index (χ1v) is 4.32. The van der Waals surface area contributed by atoms with Gasteiger partial charge >= 0.3 is 6.36 Å². The molecule has 0 amide bonds. The molecule has 0 N–H and O–H groups in total. The summed E-state index contributed by atoms with van der Waals surface area (Å²) in [6.07, 6.45) is -3.52. The van der Waals surface area contributed by atoms with Gasteiger partial charge in [0, 0.05) is 0 Å². The highest BCUT2D eigenvalue weighted by Gasteiger charge is 2.28. The molecule has 0 spiro atoms. The molecular formula is C10H11F3O. The van der Waals surface area contributed by atoms with E-state index >= 15 is 0 Å². The molecule has 0 aliphatic carbocycles. The van der Waals surface area contributed by atoms with Crippen LogP contribution in [0.15, 0.2) is 30.3 Å². The van der Waals surface area contributed by atoms with Crippen LogP contribution in [-0.2, 0) is 11.2 Å². The van der Waals surface area contributed by atoms with Crippen molar-refractivity contribution in [1.29, 1.82) is 0 Å². The highest BCUT2D eigenvalue weighted by atomic mass is 19.4. The number of alkyl halides is 3. The summed E-state index contributed by atoms with van der Waals surface area (Å²) in [5, 5.41) is 0. The molecule has 0 fully saturated rings. The number of aryl methyl sites for hydroxylation is 1. The summed E-state index contributed by atoms with van der Waals surface area (Å²) in [5.41, 5.74) is 1.03. The average molecular weight is 204 g/mol. The standard InChI is InChI=1S/C10H11F3O/c11-10(12,13)14-8-4-7-9-5-2-1-3-6-9/h1-3,5-6H,4,7-8H2. The number of halogens is 3. The molecule has 0 saturated heterocycles. The molecule has 0 unspecified atom stereocenters. The van der Waals surface area contributed by atoms with Gasteiger partial charge in [-0.2, -0.15) is 0 Å². The van der Waals surface area contributed by atoms with Crippen LogP contribution < -0.4 is 0 Å². The molecule has 0 aromatic heterocycles. The van der Waals surface area contributed by atoms with Gasteiger partial charge in [-0.15, -0.1) is 13.2 Å². The smallest absolute Gasteiger partial charge is 0.292 e. The third-order valence-electron chi connectivity index (χ3n) is 1.72. The second kappa shape index (κ2) is 5.00. The number of hydrogen-bond acceptors (Lipinski definition) is 1. The van der Waals surface area contributed by atoms with Gasteiger partial charge in [-0.05, 0) is 18.4 Å². The molecule has 0 saturated carbocycles. The van der Waals surface area contributed by atoms with Crippen LogP contribution in [0.5, 0.6) is 0 Å². The monoisotopic (exact) mass is 204 g/mol. The number of rotatable bonds is 4. The maximum Gasteiger partial charge on any atom is 0.522 e. The Balaban J connectivity index is 2.17. The molecule has 78 valence electrons. The fraction of sp³-hybridized carbons (Fsp3) is 0.400. The number of benzene rings is 1. The van der Waals surface area contributed by atoms with Gasteiger partial charge in [-0.3, -0.25) is 4.74 Å². The SMILES string of the molecule is FC(F)(F)OCCCc1ccccc1. The second-order valence-corrected chi connectivity index (χ2v) is 2.88. The molecule has 14 heavy (non-hydrogen) atoms. The number of ether oxygens (including phenoxy) is 1. The largest absolute Gasteiger partial charge is 0.522 e.